The lowest BCUT2D eigenvalue weighted by Crippen LogP contribution is -1.86. The van der Waals surface area contributed by atoms with E-state index in [0.29, 0.717) is 6.42 Å². The second-order valence-corrected chi connectivity index (χ2v) is 2.22. The minimum Gasteiger partial charge on any atom is -0.497 e. The van der Waals surface area contributed by atoms with Crippen LogP contribution in [0.4, 0.5) is 0 Å². The zero-order valence-electron chi connectivity index (χ0n) is 7.86. The van der Waals surface area contributed by atoms with E-state index in [4.69, 9.17) is 9.84 Å². The molecule has 3 heteroatoms. The maximum atomic E-state index is 10.1. The molecule has 0 spiro atoms. The van der Waals surface area contributed by atoms with Crippen LogP contribution in [-0.4, -0.2) is 25.6 Å². The summed E-state index contributed by atoms with van der Waals surface area (Å²) in [6.07, 6.45) is 1.37. The predicted molar refractivity (Wildman–Crippen MR) is 50.9 cm³/mol. The van der Waals surface area contributed by atoms with Crippen molar-refractivity contribution in [3.8, 4) is 5.75 Å². The summed E-state index contributed by atoms with van der Waals surface area (Å²) < 4.78 is 4.96. The molecule has 0 aliphatic rings. The fraction of sp³-hybridized carbons (Fsp3) is 0.300. The Morgan fingerprint density at radius 2 is 1.85 bits per heavy atom. The van der Waals surface area contributed by atoms with Crippen LogP contribution in [0.15, 0.2) is 24.3 Å². The van der Waals surface area contributed by atoms with E-state index in [-0.39, 0.29) is 0 Å². The van der Waals surface area contributed by atoms with Crippen LogP contribution in [0.3, 0.4) is 0 Å². The molecular weight excluding hydrogens is 168 g/mol. The van der Waals surface area contributed by atoms with Gasteiger partial charge in [0.25, 0.3) is 0 Å². The molecule has 0 aliphatic heterocycles. The number of ether oxygens (including phenoxy) is 1. The van der Waals surface area contributed by atoms with Gasteiger partial charge in [-0.25, -0.2) is 0 Å². The molecule has 72 valence electrons. The van der Waals surface area contributed by atoms with Crippen LogP contribution in [0, 0.1) is 0 Å². The molecule has 1 aromatic rings. The smallest absolute Gasteiger partial charge is 0.124 e. The first kappa shape index (κ1) is 11.6. The van der Waals surface area contributed by atoms with Crippen molar-refractivity contribution in [2.75, 3.05) is 14.2 Å². The predicted octanol–water partition coefficient (Wildman–Crippen LogP) is 1.05. The van der Waals surface area contributed by atoms with Gasteiger partial charge < -0.3 is 14.6 Å². The molecule has 13 heavy (non-hydrogen) atoms. The van der Waals surface area contributed by atoms with E-state index in [9.17, 15) is 4.79 Å². The summed E-state index contributed by atoms with van der Waals surface area (Å²) >= 11 is 0. The van der Waals surface area contributed by atoms with Crippen molar-refractivity contribution in [1.29, 1.82) is 0 Å². The van der Waals surface area contributed by atoms with Crippen LogP contribution < -0.4 is 4.74 Å². The summed E-state index contributed by atoms with van der Waals surface area (Å²) in [5.74, 6) is 0.819. The third kappa shape index (κ3) is 4.28. The highest BCUT2D eigenvalue weighted by Gasteiger charge is 1.91. The van der Waals surface area contributed by atoms with Gasteiger partial charge in [-0.2, -0.15) is 0 Å². The standard InChI is InChI=1S/C9H10O2.CH4O/c1-11-9-4-2-8(3-5-9)6-7-10;1-2/h2-5,7H,6H2,1H3;2H,1H3. The topological polar surface area (TPSA) is 46.5 Å². The lowest BCUT2D eigenvalue weighted by molar-refractivity contribution is -0.107. The first-order valence-electron chi connectivity index (χ1n) is 3.88. The van der Waals surface area contributed by atoms with Crippen molar-refractivity contribution in [1.82, 2.24) is 0 Å². The van der Waals surface area contributed by atoms with Gasteiger partial charge >= 0.3 is 0 Å². The van der Waals surface area contributed by atoms with E-state index < -0.39 is 0 Å². The Hall–Kier alpha value is -1.35. The largest absolute Gasteiger partial charge is 0.497 e. The van der Waals surface area contributed by atoms with E-state index >= 15 is 0 Å². The number of hydrogen-bond donors (Lipinski definition) is 1. The van der Waals surface area contributed by atoms with Crippen LogP contribution in [0.1, 0.15) is 5.56 Å². The fourth-order valence-corrected chi connectivity index (χ4v) is 0.858. The number of aliphatic hydroxyl groups excluding tert-OH is 1. The highest BCUT2D eigenvalue weighted by Crippen LogP contribution is 2.10. The SMILES string of the molecule is CO.COc1ccc(CC=O)cc1. The van der Waals surface area contributed by atoms with Gasteiger partial charge in [0.15, 0.2) is 0 Å². The minimum atomic E-state index is 0.476. The minimum absolute atomic E-state index is 0.476. The number of methoxy groups -OCH3 is 1. The zero-order valence-corrected chi connectivity index (χ0v) is 7.86. The maximum absolute atomic E-state index is 10.1. The normalized spacial score (nSPS) is 8.23. The third-order valence-electron chi connectivity index (χ3n) is 1.48. The Morgan fingerprint density at radius 3 is 2.23 bits per heavy atom. The van der Waals surface area contributed by atoms with Crippen molar-refractivity contribution in [3.63, 3.8) is 0 Å². The molecule has 0 aliphatic carbocycles. The molecule has 0 atom stereocenters. The first-order chi connectivity index (χ1) is 6.36. The fourth-order valence-electron chi connectivity index (χ4n) is 0.858. The van der Waals surface area contributed by atoms with Gasteiger partial charge in [0.1, 0.15) is 12.0 Å². The van der Waals surface area contributed by atoms with Crippen molar-refractivity contribution < 1.29 is 14.6 Å². The molecule has 3 nitrogen and oxygen atoms in total. The molecule has 0 radical (unpaired) electrons. The lowest BCUT2D eigenvalue weighted by Gasteiger charge is -1.98. The number of aliphatic hydroxyl groups is 1. The Labute approximate surface area is 78.0 Å². The van der Waals surface area contributed by atoms with Crippen molar-refractivity contribution in [2.45, 2.75) is 6.42 Å². The highest BCUT2D eigenvalue weighted by atomic mass is 16.5. The summed E-state index contributed by atoms with van der Waals surface area (Å²) in [5, 5.41) is 7.00. The summed E-state index contributed by atoms with van der Waals surface area (Å²) in [7, 11) is 2.62. The number of carbonyl (C=O) groups excluding carboxylic acids is 1. The second kappa shape index (κ2) is 7.31. The van der Waals surface area contributed by atoms with Crippen molar-refractivity contribution in [2.24, 2.45) is 0 Å². The average Bonchev–Trinajstić information content (AvgIpc) is 2.23. The summed E-state index contributed by atoms with van der Waals surface area (Å²) in [5.41, 5.74) is 1.01. The summed E-state index contributed by atoms with van der Waals surface area (Å²) in [4.78, 5) is 10.1. The first-order valence-corrected chi connectivity index (χ1v) is 3.88. The third-order valence-corrected chi connectivity index (χ3v) is 1.48. The Balaban J connectivity index is 0.000000671. The molecule has 0 bridgehead atoms. The number of hydrogen-bond acceptors (Lipinski definition) is 3. The number of benzene rings is 1. The number of aldehydes is 1. The summed E-state index contributed by atoms with van der Waals surface area (Å²) in [6.45, 7) is 0. The van der Waals surface area contributed by atoms with Crippen molar-refractivity contribution >= 4 is 6.29 Å². The molecule has 0 aromatic heterocycles. The lowest BCUT2D eigenvalue weighted by atomic mass is 10.2. The van der Waals surface area contributed by atoms with Crippen LogP contribution in [0.2, 0.25) is 0 Å². The van der Waals surface area contributed by atoms with Gasteiger partial charge in [-0.1, -0.05) is 12.1 Å². The Bertz CT molecular complexity index is 228. The Kier molecular flexibility index (Phi) is 6.55. The van der Waals surface area contributed by atoms with E-state index in [0.717, 1.165) is 24.7 Å². The van der Waals surface area contributed by atoms with Crippen LogP contribution in [-0.2, 0) is 11.2 Å². The maximum Gasteiger partial charge on any atom is 0.124 e. The van der Waals surface area contributed by atoms with Crippen molar-refractivity contribution in [3.05, 3.63) is 29.8 Å². The van der Waals surface area contributed by atoms with Gasteiger partial charge in [0, 0.05) is 13.5 Å². The molecule has 1 rings (SSSR count). The molecular formula is C10H14O3. The monoisotopic (exact) mass is 182 g/mol. The van der Waals surface area contributed by atoms with Gasteiger partial charge in [0.2, 0.25) is 0 Å². The van der Waals surface area contributed by atoms with Gasteiger partial charge in [-0.15, -0.1) is 0 Å². The van der Waals surface area contributed by atoms with E-state index in [1.807, 2.05) is 24.3 Å². The van der Waals surface area contributed by atoms with Gasteiger partial charge in [0.05, 0.1) is 7.11 Å². The number of carbonyl (C=O) groups is 1. The highest BCUT2D eigenvalue weighted by molar-refractivity contribution is 5.55. The molecule has 0 heterocycles. The molecule has 0 unspecified atom stereocenters. The molecule has 1 aromatic carbocycles. The average molecular weight is 182 g/mol. The molecule has 0 fully saturated rings. The van der Waals surface area contributed by atoms with Crippen LogP contribution in [0.5, 0.6) is 5.75 Å². The molecule has 0 saturated carbocycles. The van der Waals surface area contributed by atoms with Gasteiger partial charge in [-0.3, -0.25) is 0 Å². The summed E-state index contributed by atoms with van der Waals surface area (Å²) in [6, 6.07) is 7.46. The van der Waals surface area contributed by atoms with Gasteiger partial charge in [-0.05, 0) is 17.7 Å². The molecule has 1 N–H and O–H groups in total. The molecule has 0 saturated heterocycles. The van der Waals surface area contributed by atoms with E-state index in [2.05, 4.69) is 0 Å². The van der Waals surface area contributed by atoms with Crippen LogP contribution >= 0.6 is 0 Å². The van der Waals surface area contributed by atoms with Crippen LogP contribution in [0.25, 0.3) is 0 Å². The van der Waals surface area contributed by atoms with E-state index in [1.54, 1.807) is 7.11 Å². The Morgan fingerprint density at radius 1 is 1.31 bits per heavy atom. The molecule has 0 amide bonds. The zero-order chi connectivity index (χ0) is 10.1. The van der Waals surface area contributed by atoms with E-state index in [1.165, 1.54) is 0 Å². The quantitative estimate of drug-likeness (QED) is 0.710. The number of rotatable bonds is 3. The second-order valence-electron chi connectivity index (χ2n) is 2.22.